The van der Waals surface area contributed by atoms with Crippen LogP contribution in [0.5, 0.6) is 0 Å². The number of hydrogen-bond donors (Lipinski definition) is 1. The molecule has 1 aromatic rings. The molecule has 0 unspecified atom stereocenters. The van der Waals surface area contributed by atoms with Crippen molar-refractivity contribution < 1.29 is 13.5 Å². The summed E-state index contributed by atoms with van der Waals surface area (Å²) < 4.78 is 23.5. The van der Waals surface area contributed by atoms with Crippen LogP contribution in [0, 0.1) is 0 Å². The first-order chi connectivity index (χ1) is 7.56. The molecule has 0 aromatic heterocycles. The molecule has 88 valence electrons. The minimum atomic E-state index is -3.41. The number of benzene rings is 1. The van der Waals surface area contributed by atoms with Gasteiger partial charge in [-0.25, -0.2) is 8.42 Å². The Balaban J connectivity index is 2.81. The second-order valence-corrected chi connectivity index (χ2v) is 5.38. The zero-order chi connectivity index (χ0) is 12.0. The molecule has 1 aromatic carbocycles. The number of hydrogen-bond acceptors (Lipinski definition) is 3. The summed E-state index contributed by atoms with van der Waals surface area (Å²) in [5, 5.41) is 10.5. The molecule has 0 spiro atoms. The highest BCUT2D eigenvalue weighted by Crippen LogP contribution is 2.12. The molecule has 4 heteroatoms. The molecule has 0 amide bonds. The second kappa shape index (κ2) is 5.82. The van der Waals surface area contributed by atoms with Crippen LogP contribution in [0.15, 0.2) is 46.7 Å². The van der Waals surface area contributed by atoms with E-state index in [1.807, 2.05) is 6.92 Å². The molecule has 1 rings (SSSR count). The Morgan fingerprint density at radius 2 is 1.94 bits per heavy atom. The third-order valence-electron chi connectivity index (χ3n) is 2.14. The van der Waals surface area contributed by atoms with E-state index >= 15 is 0 Å². The van der Waals surface area contributed by atoms with Crippen molar-refractivity contribution >= 4 is 9.84 Å². The van der Waals surface area contributed by atoms with Crippen molar-refractivity contribution in [3.63, 3.8) is 0 Å². The van der Waals surface area contributed by atoms with Crippen molar-refractivity contribution in [3.8, 4) is 0 Å². The molecule has 0 radical (unpaired) electrons. The smallest absolute Gasteiger partial charge is 0.199 e. The molecule has 3 nitrogen and oxygen atoms in total. The minimum absolute atomic E-state index is 0.245. The lowest BCUT2D eigenvalue weighted by Crippen LogP contribution is -2.03. The molecule has 0 bridgehead atoms. The van der Waals surface area contributed by atoms with Gasteiger partial charge in [-0.05, 0) is 24.6 Å². The van der Waals surface area contributed by atoms with Crippen LogP contribution in [-0.4, -0.2) is 19.6 Å². The lowest BCUT2D eigenvalue weighted by Gasteiger charge is -2.02. The van der Waals surface area contributed by atoms with Gasteiger partial charge in [0.15, 0.2) is 9.84 Å². The van der Waals surface area contributed by atoms with Crippen LogP contribution < -0.4 is 0 Å². The summed E-state index contributed by atoms with van der Waals surface area (Å²) in [7, 11) is -3.41. The Morgan fingerprint density at radius 3 is 2.50 bits per heavy atom. The first kappa shape index (κ1) is 12.9. The molecule has 1 N–H and O–H groups in total. The third kappa shape index (κ3) is 3.79. The van der Waals surface area contributed by atoms with E-state index < -0.39 is 15.9 Å². The molecular formula is C12H16O3S. The highest BCUT2D eigenvalue weighted by Gasteiger charge is 2.09. The average Bonchev–Trinajstić information content (AvgIpc) is 2.28. The standard InChI is InChI=1S/C12H16O3S/c1-2-6-11(13)9-10-16(14,15)12-7-4-3-5-8-12/h3-5,7-11,13H,2,6H2,1H3/b10-9+/t11-/m0/s1. The van der Waals surface area contributed by atoms with Crippen LogP contribution >= 0.6 is 0 Å². The van der Waals surface area contributed by atoms with E-state index in [4.69, 9.17) is 0 Å². The molecule has 0 aliphatic carbocycles. The maximum atomic E-state index is 11.7. The summed E-state index contributed by atoms with van der Waals surface area (Å²) in [6, 6.07) is 8.17. The van der Waals surface area contributed by atoms with Crippen LogP contribution in [0.2, 0.25) is 0 Å². The number of sulfone groups is 1. The van der Waals surface area contributed by atoms with Crippen LogP contribution in [0.4, 0.5) is 0 Å². The van der Waals surface area contributed by atoms with Crippen molar-refractivity contribution in [2.24, 2.45) is 0 Å². The third-order valence-corrected chi connectivity index (χ3v) is 3.58. The summed E-state index contributed by atoms with van der Waals surface area (Å²) >= 11 is 0. The molecule has 0 saturated heterocycles. The van der Waals surface area contributed by atoms with Gasteiger partial charge in [0.05, 0.1) is 11.0 Å². The van der Waals surface area contributed by atoms with Crippen LogP contribution in [-0.2, 0) is 9.84 Å². The fourth-order valence-corrected chi connectivity index (χ4v) is 2.36. The zero-order valence-corrected chi connectivity index (χ0v) is 10.0. The second-order valence-electron chi connectivity index (χ2n) is 3.54. The van der Waals surface area contributed by atoms with Gasteiger partial charge in [-0.3, -0.25) is 0 Å². The molecule has 0 aliphatic rings. The minimum Gasteiger partial charge on any atom is -0.389 e. The van der Waals surface area contributed by atoms with Crippen LogP contribution in [0.1, 0.15) is 19.8 Å². The van der Waals surface area contributed by atoms with Crippen LogP contribution in [0.25, 0.3) is 0 Å². The van der Waals surface area contributed by atoms with Crippen molar-refractivity contribution in [1.29, 1.82) is 0 Å². The summed E-state index contributed by atoms with van der Waals surface area (Å²) in [5.74, 6) is 0. The summed E-state index contributed by atoms with van der Waals surface area (Å²) in [4.78, 5) is 0.245. The predicted molar refractivity (Wildman–Crippen MR) is 63.7 cm³/mol. The first-order valence-corrected chi connectivity index (χ1v) is 6.77. The maximum absolute atomic E-state index is 11.7. The van der Waals surface area contributed by atoms with E-state index in [2.05, 4.69) is 0 Å². The van der Waals surface area contributed by atoms with Gasteiger partial charge in [-0.15, -0.1) is 0 Å². The Kier molecular flexibility index (Phi) is 4.71. The van der Waals surface area contributed by atoms with E-state index in [1.54, 1.807) is 18.2 Å². The summed E-state index contributed by atoms with van der Waals surface area (Å²) in [6.07, 6.45) is 2.02. The van der Waals surface area contributed by atoms with Gasteiger partial charge in [-0.2, -0.15) is 0 Å². The van der Waals surface area contributed by atoms with Gasteiger partial charge in [0.2, 0.25) is 0 Å². The Bertz CT molecular complexity index is 435. The van der Waals surface area contributed by atoms with Gasteiger partial charge in [0.25, 0.3) is 0 Å². The summed E-state index contributed by atoms with van der Waals surface area (Å²) in [6.45, 7) is 1.93. The lowest BCUT2D eigenvalue weighted by molar-refractivity contribution is 0.212. The average molecular weight is 240 g/mol. The van der Waals surface area contributed by atoms with Gasteiger partial charge < -0.3 is 5.11 Å². The van der Waals surface area contributed by atoms with E-state index in [9.17, 15) is 13.5 Å². The molecule has 0 aliphatic heterocycles. The van der Waals surface area contributed by atoms with Gasteiger partial charge in [0, 0.05) is 5.41 Å². The van der Waals surface area contributed by atoms with Crippen molar-refractivity contribution in [1.82, 2.24) is 0 Å². The van der Waals surface area contributed by atoms with Gasteiger partial charge in [0.1, 0.15) is 0 Å². The monoisotopic (exact) mass is 240 g/mol. The van der Waals surface area contributed by atoms with E-state index in [-0.39, 0.29) is 4.90 Å². The molecule has 1 atom stereocenters. The maximum Gasteiger partial charge on any atom is 0.199 e. The van der Waals surface area contributed by atoms with E-state index in [0.717, 1.165) is 11.8 Å². The highest BCUT2D eigenvalue weighted by atomic mass is 32.2. The van der Waals surface area contributed by atoms with Crippen molar-refractivity contribution in [2.75, 3.05) is 0 Å². The largest absolute Gasteiger partial charge is 0.389 e. The molecule has 0 fully saturated rings. The van der Waals surface area contributed by atoms with Crippen molar-refractivity contribution in [2.45, 2.75) is 30.8 Å². The lowest BCUT2D eigenvalue weighted by atomic mass is 10.2. The van der Waals surface area contributed by atoms with Crippen molar-refractivity contribution in [3.05, 3.63) is 41.8 Å². The zero-order valence-electron chi connectivity index (χ0n) is 9.20. The number of rotatable bonds is 5. The molecule has 0 saturated carbocycles. The Morgan fingerprint density at radius 1 is 1.31 bits per heavy atom. The Labute approximate surface area is 96.4 Å². The van der Waals surface area contributed by atoms with E-state index in [0.29, 0.717) is 6.42 Å². The number of aliphatic hydroxyl groups is 1. The van der Waals surface area contributed by atoms with Gasteiger partial charge in [-0.1, -0.05) is 31.5 Å². The quantitative estimate of drug-likeness (QED) is 0.857. The topological polar surface area (TPSA) is 54.4 Å². The molecular weight excluding hydrogens is 224 g/mol. The molecule has 0 heterocycles. The highest BCUT2D eigenvalue weighted by molar-refractivity contribution is 7.94. The van der Waals surface area contributed by atoms with Gasteiger partial charge >= 0.3 is 0 Å². The summed E-state index contributed by atoms with van der Waals surface area (Å²) in [5.41, 5.74) is 0. The van der Waals surface area contributed by atoms with Crippen LogP contribution in [0.3, 0.4) is 0 Å². The fraction of sp³-hybridized carbons (Fsp3) is 0.333. The predicted octanol–water partition coefficient (Wildman–Crippen LogP) is 2.13. The Hall–Kier alpha value is -1.13. The SMILES string of the molecule is CCC[C@H](O)/C=C/S(=O)(=O)c1ccccc1. The normalized spacial score (nSPS) is 14.1. The molecule has 16 heavy (non-hydrogen) atoms. The van der Waals surface area contributed by atoms with E-state index in [1.165, 1.54) is 18.2 Å². The number of aliphatic hydroxyl groups excluding tert-OH is 1. The first-order valence-electron chi connectivity index (χ1n) is 5.22. The fourth-order valence-electron chi connectivity index (χ4n) is 1.27.